The Morgan fingerprint density at radius 2 is 1.63 bits per heavy atom. The quantitative estimate of drug-likeness (QED) is 0.302. The molecule has 4 amide bonds. The number of morpholine rings is 1. The van der Waals surface area contributed by atoms with Gasteiger partial charge in [0.1, 0.15) is 11.8 Å². The van der Waals surface area contributed by atoms with Crippen LogP contribution in [-0.4, -0.2) is 144 Å². The van der Waals surface area contributed by atoms with Crippen molar-refractivity contribution >= 4 is 40.8 Å². The van der Waals surface area contributed by atoms with Crippen LogP contribution < -0.4 is 20.4 Å². The number of phenols is 1. The summed E-state index contributed by atoms with van der Waals surface area (Å²) < 4.78 is 6.30. The van der Waals surface area contributed by atoms with Crippen molar-refractivity contribution in [1.29, 1.82) is 0 Å². The van der Waals surface area contributed by atoms with Gasteiger partial charge >= 0.3 is 0 Å². The van der Waals surface area contributed by atoms with E-state index in [0.29, 0.717) is 34.3 Å². The molecular weight excluding hydrogens is 690 g/mol. The smallest absolute Gasteiger partial charge is 0.262 e. The third-order valence-corrected chi connectivity index (χ3v) is 11.9. The van der Waals surface area contributed by atoms with E-state index in [0.717, 1.165) is 107 Å². The number of para-hydroxylation sites is 1. The molecule has 1 aromatic heterocycles. The number of nitrogens with zero attached hydrogens (tertiary/aromatic N) is 7. The van der Waals surface area contributed by atoms with Gasteiger partial charge in [-0.2, -0.15) is 0 Å². The van der Waals surface area contributed by atoms with E-state index in [4.69, 9.17) is 4.74 Å². The number of nitrogens with one attached hydrogen (secondary N) is 2. The molecule has 3 atom stereocenters. The van der Waals surface area contributed by atoms with Crippen molar-refractivity contribution in [2.45, 2.75) is 43.9 Å². The summed E-state index contributed by atoms with van der Waals surface area (Å²) in [5.74, 6) is -0.396. The lowest BCUT2D eigenvalue weighted by molar-refractivity contribution is -0.136. The second-order valence-corrected chi connectivity index (χ2v) is 15.3. The maximum Gasteiger partial charge on any atom is 0.262 e. The van der Waals surface area contributed by atoms with E-state index >= 15 is 0 Å². The van der Waals surface area contributed by atoms with Crippen molar-refractivity contribution in [1.82, 2.24) is 30.2 Å². The minimum absolute atomic E-state index is 0.0995. The number of fused-ring (bicyclic) bond motifs is 4. The molecule has 3 N–H and O–H groups in total. The molecule has 6 aliphatic heterocycles. The van der Waals surface area contributed by atoms with E-state index < -0.39 is 23.8 Å². The van der Waals surface area contributed by atoms with E-state index in [1.807, 2.05) is 24.3 Å². The number of phenolic OH excluding ortho intramolecular Hbond substituents is 1. The molecule has 7 heterocycles. The molecule has 3 aromatic rings. The van der Waals surface area contributed by atoms with E-state index in [1.54, 1.807) is 24.3 Å². The van der Waals surface area contributed by atoms with Crippen LogP contribution in [0.2, 0.25) is 0 Å². The number of hydrogen-bond acceptors (Lipinski definition) is 13. The molecule has 54 heavy (non-hydrogen) atoms. The molecule has 2 aromatic carbocycles. The Morgan fingerprint density at radius 3 is 2.46 bits per heavy atom. The Labute approximate surface area is 313 Å². The third-order valence-electron chi connectivity index (χ3n) is 11.9. The lowest BCUT2D eigenvalue weighted by Crippen LogP contribution is -2.60. The first kappa shape index (κ1) is 34.6. The number of aromatic hydroxyl groups is 1. The van der Waals surface area contributed by atoms with Crippen molar-refractivity contribution in [2.24, 2.45) is 5.92 Å². The third kappa shape index (κ3) is 6.54. The number of amides is 4. The number of imide groups is 2. The summed E-state index contributed by atoms with van der Waals surface area (Å²) in [5.41, 5.74) is 3.90. The molecule has 4 fully saturated rings. The standard InChI is InChI=1S/C39H45N9O6/c49-34-4-2-1-3-29(34)31-18-33-36(43-42-31)40-19-26-21-44(13-14-47(26)33)22-27-23-45(15-16-54-27)20-24-9-11-46(12-10-24)25-5-6-28-30(17-25)39(53)48(38(28)52)32-7-8-35(50)41-37(32)51/h1-6,17-18,24,26-27,32,49H,7-16,19-23H2,(H,40,43)(H,41,50,51)/t26?,27-,32?/m1/s1. The van der Waals surface area contributed by atoms with Gasteiger partial charge in [-0.1, -0.05) is 12.1 Å². The number of hydrogen-bond donors (Lipinski definition) is 3. The molecule has 0 aliphatic carbocycles. The monoisotopic (exact) mass is 735 g/mol. The van der Waals surface area contributed by atoms with Gasteiger partial charge in [-0.3, -0.25) is 39.2 Å². The summed E-state index contributed by atoms with van der Waals surface area (Å²) in [7, 11) is 0. The number of piperidine rings is 2. The highest BCUT2D eigenvalue weighted by molar-refractivity contribution is 6.23. The Kier molecular flexibility index (Phi) is 9.15. The van der Waals surface area contributed by atoms with Crippen molar-refractivity contribution in [3.8, 4) is 17.0 Å². The molecular formula is C39H45N9O6. The predicted octanol–water partition coefficient (Wildman–Crippen LogP) is 1.78. The van der Waals surface area contributed by atoms with Crippen LogP contribution in [0.1, 0.15) is 46.4 Å². The number of carbonyl (C=O) groups excluding carboxylic acids is 4. The fraction of sp³-hybridized carbons (Fsp3) is 0.487. The van der Waals surface area contributed by atoms with Gasteiger partial charge in [-0.15, -0.1) is 10.2 Å². The van der Waals surface area contributed by atoms with Crippen molar-refractivity contribution in [2.75, 3.05) is 87.2 Å². The number of anilines is 3. The Bertz CT molecular complexity index is 1990. The molecule has 15 heteroatoms. The topological polar surface area (TPSA) is 164 Å². The fourth-order valence-electron chi connectivity index (χ4n) is 9.08. The van der Waals surface area contributed by atoms with E-state index in [9.17, 15) is 24.3 Å². The summed E-state index contributed by atoms with van der Waals surface area (Å²) in [6.45, 7) is 9.75. The number of rotatable bonds is 7. The lowest BCUT2D eigenvalue weighted by atomic mass is 9.95. The first-order valence-electron chi connectivity index (χ1n) is 19.1. The normalized spacial score (nSPS) is 25.3. The average Bonchev–Trinajstić information content (AvgIpc) is 3.43. The SMILES string of the molecule is O=C1CCC(N2C(=O)c3ccc(N4CCC(CN5CCO[C@H](CN6CCN7c8cc(-c9ccccc9O)nnc8NCC7C6)C5)CC4)cc3C2=O)C(=O)N1. The van der Waals surface area contributed by atoms with Gasteiger partial charge in [0.05, 0.1) is 41.3 Å². The van der Waals surface area contributed by atoms with E-state index in [2.05, 4.69) is 40.4 Å². The zero-order valence-electron chi connectivity index (χ0n) is 30.2. The van der Waals surface area contributed by atoms with Crippen LogP contribution in [0.3, 0.4) is 0 Å². The van der Waals surface area contributed by atoms with Gasteiger partial charge in [0.25, 0.3) is 11.8 Å². The second kappa shape index (κ2) is 14.3. The molecule has 0 radical (unpaired) electrons. The summed E-state index contributed by atoms with van der Waals surface area (Å²) >= 11 is 0. The Morgan fingerprint density at radius 1 is 0.815 bits per heavy atom. The van der Waals surface area contributed by atoms with Gasteiger partial charge in [0.15, 0.2) is 5.82 Å². The molecule has 0 saturated carbocycles. The average molecular weight is 736 g/mol. The van der Waals surface area contributed by atoms with E-state index in [1.165, 1.54) is 0 Å². The van der Waals surface area contributed by atoms with Crippen LogP contribution in [0, 0.1) is 5.92 Å². The highest BCUT2D eigenvalue weighted by Crippen LogP contribution is 2.37. The zero-order chi connectivity index (χ0) is 36.9. The molecule has 2 unspecified atom stereocenters. The minimum Gasteiger partial charge on any atom is -0.507 e. The maximum absolute atomic E-state index is 13.4. The summed E-state index contributed by atoms with van der Waals surface area (Å²) in [6, 6.07) is 14.0. The highest BCUT2D eigenvalue weighted by Gasteiger charge is 2.45. The number of benzene rings is 2. The van der Waals surface area contributed by atoms with Crippen molar-refractivity contribution in [3.63, 3.8) is 0 Å². The van der Waals surface area contributed by atoms with Gasteiger partial charge in [-0.25, -0.2) is 0 Å². The van der Waals surface area contributed by atoms with Crippen LogP contribution in [0.15, 0.2) is 48.5 Å². The number of carbonyl (C=O) groups is 4. The number of ether oxygens (including phenoxy) is 1. The highest BCUT2D eigenvalue weighted by atomic mass is 16.5. The first-order chi connectivity index (χ1) is 26.3. The summed E-state index contributed by atoms with van der Waals surface area (Å²) in [6.07, 6.45) is 2.46. The molecule has 0 spiro atoms. The van der Waals surface area contributed by atoms with Crippen LogP contribution >= 0.6 is 0 Å². The molecule has 6 aliphatic rings. The van der Waals surface area contributed by atoms with Crippen LogP contribution in [0.4, 0.5) is 17.2 Å². The van der Waals surface area contributed by atoms with Crippen molar-refractivity contribution in [3.05, 3.63) is 59.7 Å². The molecule has 4 saturated heterocycles. The largest absolute Gasteiger partial charge is 0.507 e. The van der Waals surface area contributed by atoms with Crippen molar-refractivity contribution < 1.29 is 29.0 Å². The molecule has 9 rings (SSSR count). The Hall–Kier alpha value is -5.12. The van der Waals surface area contributed by atoms with Gasteiger partial charge < -0.3 is 25.0 Å². The fourth-order valence-corrected chi connectivity index (χ4v) is 9.08. The molecule has 0 bridgehead atoms. The van der Waals surface area contributed by atoms with Crippen LogP contribution in [-0.2, 0) is 14.3 Å². The van der Waals surface area contributed by atoms with Gasteiger partial charge in [0, 0.05) is 83.1 Å². The van der Waals surface area contributed by atoms with Crippen LogP contribution in [0.25, 0.3) is 11.3 Å². The molecule has 282 valence electrons. The summed E-state index contributed by atoms with van der Waals surface area (Å²) in [4.78, 5) is 61.4. The first-order valence-corrected chi connectivity index (χ1v) is 19.1. The number of aromatic nitrogens is 2. The van der Waals surface area contributed by atoms with Crippen LogP contribution in [0.5, 0.6) is 5.75 Å². The van der Waals surface area contributed by atoms with E-state index in [-0.39, 0.29) is 30.6 Å². The van der Waals surface area contributed by atoms with Gasteiger partial charge in [0.2, 0.25) is 11.8 Å². The predicted molar refractivity (Wildman–Crippen MR) is 199 cm³/mol. The molecule has 15 nitrogen and oxygen atoms in total. The summed E-state index contributed by atoms with van der Waals surface area (Å²) in [5, 5.41) is 25.0. The lowest BCUT2D eigenvalue weighted by Gasteiger charge is -2.47. The van der Waals surface area contributed by atoms with Gasteiger partial charge in [-0.05, 0) is 61.6 Å². The zero-order valence-corrected chi connectivity index (χ0v) is 30.2. The Balaban J connectivity index is 0.761. The second-order valence-electron chi connectivity index (χ2n) is 15.3. The number of piperazine rings is 1. The minimum atomic E-state index is -0.964. The maximum atomic E-state index is 13.4.